The number of carbonyl (C=O) groups is 2. The van der Waals surface area contributed by atoms with Crippen molar-refractivity contribution in [3.8, 4) is 0 Å². The Morgan fingerprint density at radius 1 is 1.44 bits per heavy atom. The predicted molar refractivity (Wildman–Crippen MR) is 67.3 cm³/mol. The minimum absolute atomic E-state index is 0.124. The van der Waals surface area contributed by atoms with Crippen molar-refractivity contribution in [2.75, 3.05) is 0 Å². The molecule has 1 aliphatic rings. The number of hydrogen-bond donors (Lipinski definition) is 2. The van der Waals surface area contributed by atoms with Gasteiger partial charge in [-0.05, 0) is 39.5 Å². The molecular weight excluding hydrogens is 234 g/mol. The zero-order valence-corrected chi connectivity index (χ0v) is 11.1. The fourth-order valence-electron chi connectivity index (χ4n) is 1.92. The molecule has 0 spiro atoms. The van der Waals surface area contributed by atoms with E-state index in [4.69, 9.17) is 9.84 Å². The first-order valence-electron chi connectivity index (χ1n) is 6.16. The van der Waals surface area contributed by atoms with E-state index in [1.165, 1.54) is 0 Å². The zero-order valence-electron chi connectivity index (χ0n) is 11.1. The Kier molecular flexibility index (Phi) is 4.76. The molecule has 1 rings (SSSR count). The van der Waals surface area contributed by atoms with Crippen LogP contribution in [0.5, 0.6) is 0 Å². The summed E-state index contributed by atoms with van der Waals surface area (Å²) in [5, 5.41) is 11.4. The number of ether oxygens (including phenoxy) is 1. The maximum Gasteiger partial charge on any atom is 0.408 e. The van der Waals surface area contributed by atoms with Gasteiger partial charge >= 0.3 is 12.1 Å². The van der Waals surface area contributed by atoms with Gasteiger partial charge in [-0.3, -0.25) is 4.79 Å². The van der Waals surface area contributed by atoms with Gasteiger partial charge in [-0.1, -0.05) is 12.2 Å². The largest absolute Gasteiger partial charge is 0.481 e. The molecule has 1 aliphatic carbocycles. The van der Waals surface area contributed by atoms with Gasteiger partial charge in [0.25, 0.3) is 0 Å². The number of hydrogen-bond acceptors (Lipinski definition) is 3. The molecule has 0 aliphatic heterocycles. The molecule has 0 radical (unpaired) electrons. The van der Waals surface area contributed by atoms with E-state index < -0.39 is 17.7 Å². The van der Waals surface area contributed by atoms with Crippen molar-refractivity contribution in [2.24, 2.45) is 5.92 Å². The second kappa shape index (κ2) is 5.89. The first-order valence-corrected chi connectivity index (χ1v) is 6.16. The quantitative estimate of drug-likeness (QED) is 0.756. The van der Waals surface area contributed by atoms with Gasteiger partial charge in [0.15, 0.2) is 0 Å². The third-order valence-corrected chi connectivity index (χ3v) is 2.70. The maximum absolute atomic E-state index is 11.6. The van der Waals surface area contributed by atoms with Gasteiger partial charge in [-0.15, -0.1) is 0 Å². The van der Waals surface area contributed by atoms with E-state index >= 15 is 0 Å². The summed E-state index contributed by atoms with van der Waals surface area (Å²) in [6, 6.07) is -0.126. The molecule has 18 heavy (non-hydrogen) atoms. The van der Waals surface area contributed by atoms with Gasteiger partial charge in [0.05, 0.1) is 6.04 Å². The van der Waals surface area contributed by atoms with Crippen LogP contribution in [0.1, 0.15) is 40.0 Å². The van der Waals surface area contributed by atoms with Crippen LogP contribution in [0.2, 0.25) is 0 Å². The molecule has 102 valence electrons. The summed E-state index contributed by atoms with van der Waals surface area (Å²) < 4.78 is 5.17. The van der Waals surface area contributed by atoms with Gasteiger partial charge in [0.2, 0.25) is 0 Å². The average Bonchev–Trinajstić information content (AvgIpc) is 2.59. The fourth-order valence-corrected chi connectivity index (χ4v) is 1.92. The summed E-state index contributed by atoms with van der Waals surface area (Å²) in [4.78, 5) is 22.2. The van der Waals surface area contributed by atoms with E-state index in [1.54, 1.807) is 20.8 Å². The molecule has 2 N–H and O–H groups in total. The monoisotopic (exact) mass is 255 g/mol. The topological polar surface area (TPSA) is 75.6 Å². The lowest BCUT2D eigenvalue weighted by atomic mass is 9.97. The molecule has 0 saturated heterocycles. The fraction of sp³-hybridized carbons (Fsp3) is 0.692. The molecule has 0 aromatic heterocycles. The molecule has 1 unspecified atom stereocenters. The molecule has 1 amide bonds. The number of aliphatic carboxylic acids is 1. The number of carboxylic acid groups (broad SMARTS) is 1. The zero-order chi connectivity index (χ0) is 13.8. The molecule has 0 aromatic rings. The highest BCUT2D eigenvalue weighted by atomic mass is 16.6. The Bertz CT molecular complexity index is 343. The van der Waals surface area contributed by atoms with Gasteiger partial charge in [0, 0.05) is 6.42 Å². The SMILES string of the molecule is CC(C)(C)OC(=O)N[C@@H]1C=CCC1CCC(=O)O. The van der Waals surface area contributed by atoms with Crippen molar-refractivity contribution in [3.63, 3.8) is 0 Å². The predicted octanol–water partition coefficient (Wildman–Crippen LogP) is 2.32. The Balaban J connectivity index is 2.42. The van der Waals surface area contributed by atoms with E-state index in [1.807, 2.05) is 12.2 Å². The van der Waals surface area contributed by atoms with Crippen molar-refractivity contribution in [1.29, 1.82) is 0 Å². The third-order valence-electron chi connectivity index (χ3n) is 2.70. The van der Waals surface area contributed by atoms with Crippen LogP contribution in [-0.4, -0.2) is 28.8 Å². The lowest BCUT2D eigenvalue weighted by Crippen LogP contribution is -2.40. The van der Waals surface area contributed by atoms with Crippen molar-refractivity contribution in [2.45, 2.75) is 51.7 Å². The highest BCUT2D eigenvalue weighted by Crippen LogP contribution is 2.24. The van der Waals surface area contributed by atoms with Crippen LogP contribution in [0.15, 0.2) is 12.2 Å². The molecule has 0 aromatic carbocycles. The Labute approximate surface area is 107 Å². The lowest BCUT2D eigenvalue weighted by molar-refractivity contribution is -0.137. The normalized spacial score (nSPS) is 22.8. The van der Waals surface area contributed by atoms with Gasteiger partial charge in [-0.2, -0.15) is 0 Å². The van der Waals surface area contributed by atoms with Crippen LogP contribution in [0, 0.1) is 5.92 Å². The van der Waals surface area contributed by atoms with E-state index in [0.29, 0.717) is 6.42 Å². The maximum atomic E-state index is 11.6. The molecule has 0 bridgehead atoms. The van der Waals surface area contributed by atoms with Crippen LogP contribution < -0.4 is 5.32 Å². The number of carbonyl (C=O) groups excluding carboxylic acids is 1. The molecule has 2 atom stereocenters. The number of alkyl carbamates (subject to hydrolysis) is 1. The van der Waals surface area contributed by atoms with Crippen LogP contribution in [-0.2, 0) is 9.53 Å². The standard InChI is InChI=1S/C13H21NO4/c1-13(2,3)18-12(17)14-10-6-4-5-9(10)7-8-11(15)16/h4,6,9-10H,5,7-8H2,1-3H3,(H,14,17)(H,15,16)/t9?,10-/m1/s1. The first-order chi connectivity index (χ1) is 8.28. The van der Waals surface area contributed by atoms with E-state index in [-0.39, 0.29) is 18.4 Å². The van der Waals surface area contributed by atoms with Gasteiger partial charge in [0.1, 0.15) is 5.60 Å². The molecule has 0 heterocycles. The summed E-state index contributed by atoms with van der Waals surface area (Å²) in [6.45, 7) is 5.41. The number of allylic oxidation sites excluding steroid dienone is 1. The highest BCUT2D eigenvalue weighted by Gasteiger charge is 2.26. The van der Waals surface area contributed by atoms with Crippen LogP contribution >= 0.6 is 0 Å². The van der Waals surface area contributed by atoms with Crippen molar-refractivity contribution >= 4 is 12.1 Å². The van der Waals surface area contributed by atoms with Gasteiger partial charge in [-0.25, -0.2) is 4.79 Å². The van der Waals surface area contributed by atoms with Crippen molar-refractivity contribution in [1.82, 2.24) is 5.32 Å². The van der Waals surface area contributed by atoms with Crippen molar-refractivity contribution in [3.05, 3.63) is 12.2 Å². The highest BCUT2D eigenvalue weighted by molar-refractivity contribution is 5.69. The van der Waals surface area contributed by atoms with Gasteiger partial charge < -0.3 is 15.2 Å². The molecule has 0 saturated carbocycles. The minimum atomic E-state index is -0.807. The Morgan fingerprint density at radius 3 is 2.67 bits per heavy atom. The number of carboxylic acids is 1. The summed E-state index contributed by atoms with van der Waals surface area (Å²) in [5.41, 5.74) is -0.525. The van der Waals surface area contributed by atoms with Crippen LogP contribution in [0.25, 0.3) is 0 Å². The minimum Gasteiger partial charge on any atom is -0.481 e. The number of rotatable bonds is 4. The molecule has 5 nitrogen and oxygen atoms in total. The summed E-state index contributed by atoms with van der Waals surface area (Å²) >= 11 is 0. The second-order valence-corrected chi connectivity index (χ2v) is 5.53. The Morgan fingerprint density at radius 2 is 2.11 bits per heavy atom. The second-order valence-electron chi connectivity index (χ2n) is 5.53. The average molecular weight is 255 g/mol. The Hall–Kier alpha value is -1.52. The number of nitrogens with one attached hydrogen (secondary N) is 1. The summed E-state index contributed by atoms with van der Waals surface area (Å²) in [6.07, 6.45) is 4.89. The smallest absolute Gasteiger partial charge is 0.408 e. The number of amides is 1. The van der Waals surface area contributed by atoms with Crippen LogP contribution in [0.3, 0.4) is 0 Å². The summed E-state index contributed by atoms with van der Waals surface area (Å²) in [5.74, 6) is -0.661. The van der Waals surface area contributed by atoms with E-state index in [2.05, 4.69) is 5.32 Å². The van der Waals surface area contributed by atoms with E-state index in [0.717, 1.165) is 6.42 Å². The third kappa shape index (κ3) is 5.21. The first kappa shape index (κ1) is 14.5. The molecule has 5 heteroatoms. The molecule has 0 fully saturated rings. The van der Waals surface area contributed by atoms with Crippen molar-refractivity contribution < 1.29 is 19.4 Å². The molecular formula is C13H21NO4. The summed E-state index contributed by atoms with van der Waals surface area (Å²) in [7, 11) is 0. The van der Waals surface area contributed by atoms with E-state index in [9.17, 15) is 9.59 Å². The lowest BCUT2D eigenvalue weighted by Gasteiger charge is -2.24. The van der Waals surface area contributed by atoms with Crippen LogP contribution in [0.4, 0.5) is 4.79 Å².